The molecule has 1 aliphatic carbocycles. The van der Waals surface area contributed by atoms with Crippen LogP contribution in [0.5, 0.6) is 0 Å². The van der Waals surface area contributed by atoms with Crippen molar-refractivity contribution in [3.05, 3.63) is 95.6 Å². The van der Waals surface area contributed by atoms with Gasteiger partial charge in [0.05, 0.1) is 0 Å². The third kappa shape index (κ3) is 9.17. The molecule has 3 aromatic rings. The van der Waals surface area contributed by atoms with E-state index in [2.05, 4.69) is 66.6 Å². The van der Waals surface area contributed by atoms with Gasteiger partial charge in [-0.1, -0.05) is 0 Å². The van der Waals surface area contributed by atoms with Crippen molar-refractivity contribution in [2.75, 3.05) is 13.7 Å². The van der Waals surface area contributed by atoms with Crippen molar-refractivity contribution < 1.29 is 28.6 Å². The SMILES string of the molecule is COC(=O)[C@H](CC(=O)OCc1ccccc1)N=C([Se])[C@@H](N=C([Se])[C@H](C)NC(=O)OCC1c2ccccc2-c2ccccc21)C(C)C. The second kappa shape index (κ2) is 16.7. The van der Waals surface area contributed by atoms with Crippen LogP contribution in [0.2, 0.25) is 0 Å². The Morgan fingerprint density at radius 2 is 1.39 bits per heavy atom. The van der Waals surface area contributed by atoms with Gasteiger partial charge in [0.1, 0.15) is 0 Å². The average molecular weight is 754 g/mol. The molecular weight excluding hydrogens is 716 g/mol. The van der Waals surface area contributed by atoms with Gasteiger partial charge in [-0.05, 0) is 0 Å². The molecule has 0 fully saturated rings. The van der Waals surface area contributed by atoms with Gasteiger partial charge < -0.3 is 0 Å². The molecule has 3 atom stereocenters. The summed E-state index contributed by atoms with van der Waals surface area (Å²) in [5, 5.41) is 2.85. The zero-order chi connectivity index (χ0) is 33.2. The number of aliphatic imine (C=N–C) groups is 2. The fraction of sp³-hybridized carbons (Fsp3) is 0.343. The molecule has 1 amide bonds. The third-order valence-electron chi connectivity index (χ3n) is 7.56. The van der Waals surface area contributed by atoms with Crippen molar-refractivity contribution in [1.82, 2.24) is 5.32 Å². The normalized spacial score (nSPS) is 14.9. The van der Waals surface area contributed by atoms with Crippen LogP contribution in [0.1, 0.15) is 49.8 Å². The summed E-state index contributed by atoms with van der Waals surface area (Å²) in [7, 11) is 1.24. The molecule has 0 aliphatic heterocycles. The van der Waals surface area contributed by atoms with Crippen LogP contribution < -0.4 is 5.32 Å². The summed E-state index contributed by atoms with van der Waals surface area (Å²) in [6.45, 7) is 6.00. The average Bonchev–Trinajstić information content (AvgIpc) is 3.38. The van der Waals surface area contributed by atoms with Crippen LogP contribution in [0, 0.1) is 5.92 Å². The zero-order valence-corrected chi connectivity index (χ0v) is 29.6. The van der Waals surface area contributed by atoms with Gasteiger partial charge in [-0.15, -0.1) is 0 Å². The molecule has 240 valence electrons. The third-order valence-corrected chi connectivity index (χ3v) is 9.25. The first-order valence-corrected chi connectivity index (χ1v) is 16.7. The quantitative estimate of drug-likeness (QED) is 0.117. The van der Waals surface area contributed by atoms with Crippen LogP contribution in [-0.4, -0.2) is 91.1 Å². The number of carbonyl (C=O) groups is 3. The van der Waals surface area contributed by atoms with Crippen molar-refractivity contribution >= 4 is 59.3 Å². The summed E-state index contributed by atoms with van der Waals surface area (Å²) < 4.78 is 16.9. The van der Waals surface area contributed by atoms with Crippen LogP contribution in [0.4, 0.5) is 4.79 Å². The van der Waals surface area contributed by atoms with E-state index < -0.39 is 36.2 Å². The number of benzene rings is 3. The number of methoxy groups -OCH3 is 1. The fourth-order valence-electron chi connectivity index (χ4n) is 5.12. The van der Waals surface area contributed by atoms with Crippen LogP contribution in [0.3, 0.4) is 0 Å². The van der Waals surface area contributed by atoms with E-state index >= 15 is 0 Å². The predicted molar refractivity (Wildman–Crippen MR) is 179 cm³/mol. The topological polar surface area (TPSA) is 116 Å². The maximum absolute atomic E-state index is 12.9. The van der Waals surface area contributed by atoms with Crippen LogP contribution in [0.25, 0.3) is 11.1 Å². The van der Waals surface area contributed by atoms with E-state index in [0.29, 0.717) is 9.22 Å². The first-order valence-electron chi connectivity index (χ1n) is 15.0. The number of hydrogen-bond donors (Lipinski definition) is 1. The Hall–Kier alpha value is -3.75. The second-order valence-corrected chi connectivity index (χ2v) is 13.0. The van der Waals surface area contributed by atoms with Gasteiger partial charge in [0, 0.05) is 0 Å². The van der Waals surface area contributed by atoms with Crippen LogP contribution in [0.15, 0.2) is 88.8 Å². The van der Waals surface area contributed by atoms with Crippen molar-refractivity contribution in [3.63, 3.8) is 0 Å². The summed E-state index contributed by atoms with van der Waals surface area (Å²) in [5.41, 5.74) is 5.42. The van der Waals surface area contributed by atoms with Gasteiger partial charge in [0.2, 0.25) is 0 Å². The van der Waals surface area contributed by atoms with E-state index in [1.165, 1.54) is 7.11 Å². The molecule has 0 bridgehead atoms. The van der Waals surface area contributed by atoms with Gasteiger partial charge in [-0.25, -0.2) is 0 Å². The maximum atomic E-state index is 12.9. The molecule has 0 unspecified atom stereocenters. The Morgan fingerprint density at radius 3 is 1.98 bits per heavy atom. The van der Waals surface area contributed by atoms with Gasteiger partial charge >= 0.3 is 287 Å². The first kappa shape index (κ1) is 35.1. The molecule has 0 spiro atoms. The Kier molecular flexibility index (Phi) is 12.7. The second-order valence-electron chi connectivity index (χ2n) is 11.2. The molecule has 3 aromatic carbocycles. The molecule has 46 heavy (non-hydrogen) atoms. The van der Waals surface area contributed by atoms with Gasteiger partial charge in [0.15, 0.2) is 0 Å². The summed E-state index contributed by atoms with van der Waals surface area (Å²) in [6, 6.07) is 23.5. The monoisotopic (exact) mass is 755 g/mol. The van der Waals surface area contributed by atoms with Crippen molar-refractivity contribution in [3.8, 4) is 11.1 Å². The Bertz CT molecular complexity index is 1550. The van der Waals surface area contributed by atoms with E-state index in [1.54, 1.807) is 6.92 Å². The number of amides is 1. The van der Waals surface area contributed by atoms with Gasteiger partial charge in [-0.3, -0.25) is 0 Å². The predicted octanol–water partition coefficient (Wildman–Crippen LogP) is 4.75. The molecule has 4 rings (SSSR count). The molecule has 1 aliphatic rings. The van der Waals surface area contributed by atoms with Crippen molar-refractivity contribution in [2.24, 2.45) is 15.9 Å². The molecule has 0 heterocycles. The molecule has 11 heteroatoms. The zero-order valence-electron chi connectivity index (χ0n) is 26.2. The molecule has 0 saturated heterocycles. The summed E-state index contributed by atoms with van der Waals surface area (Å²) in [4.78, 5) is 47.3. The van der Waals surface area contributed by atoms with Gasteiger partial charge in [-0.2, -0.15) is 0 Å². The number of ether oxygens (including phenoxy) is 3. The summed E-state index contributed by atoms with van der Waals surface area (Å²) in [5.74, 6) is -1.32. The number of carbonyl (C=O) groups excluding carboxylic acids is 3. The Balaban J connectivity index is 1.38. The molecule has 1 N–H and O–H groups in total. The number of nitrogens with zero attached hydrogens (tertiary/aromatic N) is 2. The van der Waals surface area contributed by atoms with E-state index in [9.17, 15) is 14.4 Å². The molecule has 2 radical (unpaired) electrons. The number of alkyl carbamates (subject to hydrolysis) is 1. The number of fused-ring (bicyclic) bond motifs is 3. The molecular formula is C35H37N3O6Se2. The minimum atomic E-state index is -1.11. The number of rotatable bonds is 13. The van der Waals surface area contributed by atoms with E-state index in [0.717, 1.165) is 27.8 Å². The number of nitrogens with one attached hydrogen (secondary N) is 1. The van der Waals surface area contributed by atoms with Crippen molar-refractivity contribution in [1.29, 1.82) is 0 Å². The van der Waals surface area contributed by atoms with E-state index in [-0.39, 0.29) is 31.5 Å². The first-order chi connectivity index (χ1) is 22.1. The van der Waals surface area contributed by atoms with Crippen molar-refractivity contribution in [2.45, 2.75) is 57.8 Å². The fourth-order valence-corrected chi connectivity index (χ4v) is 6.43. The molecule has 9 nitrogen and oxygen atoms in total. The number of esters is 2. The van der Waals surface area contributed by atoms with Crippen LogP contribution >= 0.6 is 0 Å². The van der Waals surface area contributed by atoms with E-state index in [1.807, 2.05) is 68.4 Å². The van der Waals surface area contributed by atoms with E-state index in [4.69, 9.17) is 19.2 Å². The summed E-state index contributed by atoms with van der Waals surface area (Å²) in [6.07, 6.45) is -0.848. The van der Waals surface area contributed by atoms with Gasteiger partial charge in [0.25, 0.3) is 0 Å². The number of hydrogen-bond acceptors (Lipinski definition) is 8. The van der Waals surface area contributed by atoms with Crippen LogP contribution in [-0.2, 0) is 30.4 Å². The summed E-state index contributed by atoms with van der Waals surface area (Å²) >= 11 is 5.85. The minimum absolute atomic E-state index is 0.0340. The molecule has 0 aromatic heterocycles. The standard InChI is InChI=1S/C35H37N3O6Se2/c1-21(2)31(33(46)37-29(34(40)42-4)18-30(39)43-19-23-12-6-5-7-13-23)38-32(45)22(3)36-35(41)44-20-28-26-16-10-8-14-24(26)25-15-9-11-17-27(25)28/h5-17,21-22,28-29,31H,18-20H2,1-4H3,(H,36,41)/t22-,29-,31-/m0/s1. The molecule has 0 saturated carbocycles. The Morgan fingerprint density at radius 1 is 0.804 bits per heavy atom. The Labute approximate surface area is 286 Å².